The van der Waals surface area contributed by atoms with E-state index in [9.17, 15) is 4.79 Å². The molecule has 1 aliphatic heterocycles. The Balaban J connectivity index is 1.53. The number of benzene rings is 2. The van der Waals surface area contributed by atoms with E-state index >= 15 is 0 Å². The highest BCUT2D eigenvalue weighted by atomic mass is 35.5. The van der Waals surface area contributed by atoms with Gasteiger partial charge in [0, 0.05) is 43.3 Å². The first kappa shape index (κ1) is 20.8. The number of carbonyl (C=O) groups is 1. The molecule has 1 aliphatic rings. The molecule has 0 aromatic heterocycles. The molecule has 0 unspecified atom stereocenters. The number of nitrogens with zero attached hydrogens (tertiary/aromatic N) is 3. The molecule has 0 bridgehead atoms. The van der Waals surface area contributed by atoms with Gasteiger partial charge < -0.3 is 14.5 Å². The average Bonchev–Trinajstić information content (AvgIpc) is 2.68. The first-order valence-corrected chi connectivity index (χ1v) is 10.0. The number of hydrogen-bond donors (Lipinski definition) is 0. The fraction of sp³-hybridized carbons (Fsp3) is 0.381. The lowest BCUT2D eigenvalue weighted by Crippen LogP contribution is -2.51. The van der Waals surface area contributed by atoms with Gasteiger partial charge >= 0.3 is 0 Å². The number of amides is 1. The quantitative estimate of drug-likeness (QED) is 0.710. The first-order valence-electron chi connectivity index (χ1n) is 9.26. The van der Waals surface area contributed by atoms with Crippen molar-refractivity contribution in [2.24, 2.45) is 0 Å². The SMILES string of the molecule is COc1ccc(Cl)cc1CN(C)CC(=O)N1CCN(c2ccccc2Cl)CC1. The molecule has 0 spiro atoms. The molecule has 0 atom stereocenters. The lowest BCUT2D eigenvalue weighted by Gasteiger charge is -2.37. The van der Waals surface area contributed by atoms with Gasteiger partial charge in [0.1, 0.15) is 5.75 Å². The Morgan fingerprint density at radius 3 is 2.50 bits per heavy atom. The smallest absolute Gasteiger partial charge is 0.236 e. The van der Waals surface area contributed by atoms with Crippen molar-refractivity contribution in [2.75, 3.05) is 51.8 Å². The minimum absolute atomic E-state index is 0.127. The number of anilines is 1. The summed E-state index contributed by atoms with van der Waals surface area (Å²) in [5.74, 6) is 0.902. The number of likely N-dealkylation sites (N-methyl/N-ethyl adjacent to an activating group) is 1. The summed E-state index contributed by atoms with van der Waals surface area (Å²) in [6, 6.07) is 13.4. The van der Waals surface area contributed by atoms with Gasteiger partial charge in [0.2, 0.25) is 5.91 Å². The molecule has 0 saturated carbocycles. The molecule has 2 aromatic carbocycles. The van der Waals surface area contributed by atoms with Crippen LogP contribution in [0.5, 0.6) is 5.75 Å². The highest BCUT2D eigenvalue weighted by Crippen LogP contribution is 2.26. The van der Waals surface area contributed by atoms with Crippen molar-refractivity contribution in [1.82, 2.24) is 9.80 Å². The summed E-state index contributed by atoms with van der Waals surface area (Å²) in [6.07, 6.45) is 0. The number of para-hydroxylation sites is 1. The molecule has 1 amide bonds. The summed E-state index contributed by atoms with van der Waals surface area (Å²) >= 11 is 12.4. The fourth-order valence-electron chi connectivity index (χ4n) is 3.45. The van der Waals surface area contributed by atoms with Crippen molar-refractivity contribution in [3.63, 3.8) is 0 Å². The lowest BCUT2D eigenvalue weighted by atomic mass is 10.2. The molecule has 2 aromatic rings. The van der Waals surface area contributed by atoms with Crippen LogP contribution in [-0.4, -0.2) is 62.6 Å². The molecule has 1 fully saturated rings. The second-order valence-electron chi connectivity index (χ2n) is 6.95. The van der Waals surface area contributed by atoms with Gasteiger partial charge in [0.25, 0.3) is 0 Å². The van der Waals surface area contributed by atoms with Crippen LogP contribution in [0.1, 0.15) is 5.56 Å². The number of rotatable bonds is 6. The molecule has 5 nitrogen and oxygen atoms in total. The highest BCUT2D eigenvalue weighted by molar-refractivity contribution is 6.33. The second-order valence-corrected chi connectivity index (χ2v) is 7.79. The maximum Gasteiger partial charge on any atom is 0.236 e. The summed E-state index contributed by atoms with van der Waals surface area (Å²) in [5, 5.41) is 1.41. The van der Waals surface area contributed by atoms with Gasteiger partial charge in [-0.1, -0.05) is 35.3 Å². The van der Waals surface area contributed by atoms with Gasteiger partial charge in [-0.3, -0.25) is 9.69 Å². The van der Waals surface area contributed by atoms with E-state index in [1.807, 2.05) is 53.2 Å². The third kappa shape index (κ3) is 5.10. The number of ether oxygens (including phenoxy) is 1. The van der Waals surface area contributed by atoms with Gasteiger partial charge in [-0.05, 0) is 37.4 Å². The molecule has 28 heavy (non-hydrogen) atoms. The Labute approximate surface area is 176 Å². The minimum Gasteiger partial charge on any atom is -0.496 e. The van der Waals surface area contributed by atoms with Crippen LogP contribution >= 0.6 is 23.2 Å². The normalized spacial score (nSPS) is 14.5. The van der Waals surface area contributed by atoms with Crippen molar-refractivity contribution in [3.05, 3.63) is 58.1 Å². The van der Waals surface area contributed by atoms with E-state index in [0.29, 0.717) is 31.2 Å². The van der Waals surface area contributed by atoms with Crippen LogP contribution in [0, 0.1) is 0 Å². The predicted octanol–water partition coefficient (Wildman–Crippen LogP) is 3.78. The van der Waals surface area contributed by atoms with E-state index in [0.717, 1.165) is 35.1 Å². The van der Waals surface area contributed by atoms with Gasteiger partial charge in [-0.25, -0.2) is 0 Å². The first-order chi connectivity index (χ1) is 13.5. The van der Waals surface area contributed by atoms with Crippen molar-refractivity contribution in [1.29, 1.82) is 0 Å². The summed E-state index contributed by atoms with van der Waals surface area (Å²) in [6.45, 7) is 3.89. The Morgan fingerprint density at radius 2 is 1.82 bits per heavy atom. The van der Waals surface area contributed by atoms with Crippen LogP contribution in [-0.2, 0) is 11.3 Å². The number of halogens is 2. The summed E-state index contributed by atoms with van der Waals surface area (Å²) in [7, 11) is 3.56. The summed E-state index contributed by atoms with van der Waals surface area (Å²) < 4.78 is 5.39. The Bertz CT molecular complexity index is 823. The number of hydrogen-bond acceptors (Lipinski definition) is 4. The third-order valence-electron chi connectivity index (χ3n) is 4.91. The van der Waals surface area contributed by atoms with Gasteiger partial charge in [-0.2, -0.15) is 0 Å². The molecule has 1 saturated heterocycles. The standard InChI is InChI=1S/C21H25Cl2N3O2/c1-24(14-16-13-17(22)7-8-20(16)28-2)15-21(27)26-11-9-25(10-12-26)19-6-4-3-5-18(19)23/h3-8,13H,9-12,14-15H2,1-2H3. The van der Waals surface area contributed by atoms with E-state index in [1.165, 1.54) is 0 Å². The van der Waals surface area contributed by atoms with E-state index in [-0.39, 0.29) is 5.91 Å². The maximum atomic E-state index is 12.7. The molecule has 3 rings (SSSR count). The van der Waals surface area contributed by atoms with Crippen molar-refractivity contribution in [2.45, 2.75) is 6.54 Å². The summed E-state index contributed by atoms with van der Waals surface area (Å²) in [5.41, 5.74) is 2.00. The predicted molar refractivity (Wildman–Crippen MR) is 115 cm³/mol. The Kier molecular flexibility index (Phi) is 7.05. The number of piperazine rings is 1. The molecule has 150 valence electrons. The molecule has 7 heteroatoms. The largest absolute Gasteiger partial charge is 0.496 e. The fourth-order valence-corrected chi connectivity index (χ4v) is 3.90. The van der Waals surface area contributed by atoms with Crippen LogP contribution in [0.15, 0.2) is 42.5 Å². The molecule has 0 aliphatic carbocycles. The zero-order valence-corrected chi connectivity index (χ0v) is 17.7. The Morgan fingerprint density at radius 1 is 1.11 bits per heavy atom. The minimum atomic E-state index is 0.127. The monoisotopic (exact) mass is 421 g/mol. The second kappa shape index (κ2) is 9.50. The van der Waals surface area contributed by atoms with Gasteiger partial charge in [-0.15, -0.1) is 0 Å². The van der Waals surface area contributed by atoms with Gasteiger partial charge in [0.15, 0.2) is 0 Å². The van der Waals surface area contributed by atoms with Crippen molar-refractivity contribution >= 4 is 34.8 Å². The molecule has 1 heterocycles. The average molecular weight is 422 g/mol. The summed E-state index contributed by atoms with van der Waals surface area (Å²) in [4.78, 5) is 18.8. The molecular formula is C21H25Cl2N3O2. The molecule has 0 radical (unpaired) electrons. The van der Waals surface area contributed by atoms with Crippen LogP contribution in [0.25, 0.3) is 0 Å². The topological polar surface area (TPSA) is 36.0 Å². The van der Waals surface area contributed by atoms with E-state index in [2.05, 4.69) is 4.90 Å². The van der Waals surface area contributed by atoms with E-state index < -0.39 is 0 Å². The Hall–Kier alpha value is -1.95. The van der Waals surface area contributed by atoms with E-state index in [1.54, 1.807) is 13.2 Å². The van der Waals surface area contributed by atoms with Crippen LogP contribution in [0.3, 0.4) is 0 Å². The van der Waals surface area contributed by atoms with Crippen LogP contribution in [0.2, 0.25) is 10.0 Å². The van der Waals surface area contributed by atoms with Gasteiger partial charge in [0.05, 0.1) is 24.4 Å². The van der Waals surface area contributed by atoms with Crippen molar-refractivity contribution in [3.8, 4) is 5.75 Å². The number of methoxy groups -OCH3 is 1. The zero-order chi connectivity index (χ0) is 20.1. The van der Waals surface area contributed by atoms with E-state index in [4.69, 9.17) is 27.9 Å². The third-order valence-corrected chi connectivity index (χ3v) is 5.47. The zero-order valence-electron chi connectivity index (χ0n) is 16.2. The molecule has 0 N–H and O–H groups in total. The lowest BCUT2D eigenvalue weighted by molar-refractivity contribution is -0.132. The highest BCUT2D eigenvalue weighted by Gasteiger charge is 2.23. The maximum absolute atomic E-state index is 12.7. The van der Waals surface area contributed by atoms with Crippen LogP contribution in [0.4, 0.5) is 5.69 Å². The molecular weight excluding hydrogens is 397 g/mol. The van der Waals surface area contributed by atoms with Crippen molar-refractivity contribution < 1.29 is 9.53 Å². The van der Waals surface area contributed by atoms with Crippen LogP contribution < -0.4 is 9.64 Å². The number of carbonyl (C=O) groups excluding carboxylic acids is 1.